The third kappa shape index (κ3) is 3.18. The molecule has 0 atom stereocenters. The lowest BCUT2D eigenvalue weighted by Crippen LogP contribution is -2.02. The van der Waals surface area contributed by atoms with Crippen LogP contribution in [0.3, 0.4) is 0 Å². The van der Waals surface area contributed by atoms with Crippen molar-refractivity contribution in [1.82, 2.24) is 9.78 Å². The monoisotopic (exact) mass is 223 g/mol. The van der Waals surface area contributed by atoms with Gasteiger partial charge in [-0.3, -0.25) is 14.8 Å². The first kappa shape index (κ1) is 12.4. The summed E-state index contributed by atoms with van der Waals surface area (Å²) in [5, 5.41) is 15.0. The smallest absolute Gasteiger partial charge is 0.247 e. The van der Waals surface area contributed by atoms with Crippen LogP contribution in [-0.2, 0) is 7.05 Å². The van der Waals surface area contributed by atoms with Gasteiger partial charge in [0.05, 0.1) is 10.6 Å². The van der Waals surface area contributed by atoms with Crippen molar-refractivity contribution in [2.75, 3.05) is 0 Å². The van der Waals surface area contributed by atoms with Gasteiger partial charge in [-0.1, -0.05) is 13.8 Å². The van der Waals surface area contributed by atoms with Crippen LogP contribution >= 0.6 is 0 Å². The van der Waals surface area contributed by atoms with E-state index < -0.39 is 0 Å². The minimum absolute atomic E-state index is 0.242. The highest BCUT2D eigenvalue weighted by molar-refractivity contribution is 5.52. The summed E-state index contributed by atoms with van der Waals surface area (Å²) < 4.78 is 1.66. The molecule has 1 rings (SSSR count). The summed E-state index contributed by atoms with van der Waals surface area (Å²) in [4.78, 5) is 10.6. The van der Waals surface area contributed by atoms with Gasteiger partial charge in [0.1, 0.15) is 0 Å². The SMILES string of the molecule is Cc1nn(C)cc1C=C(CC(C)C)[N+](=O)[O-]. The molecule has 88 valence electrons. The fourth-order valence-electron chi connectivity index (χ4n) is 1.54. The maximum absolute atomic E-state index is 10.9. The molecule has 0 aliphatic rings. The molecule has 1 aromatic rings. The van der Waals surface area contributed by atoms with Gasteiger partial charge in [0.15, 0.2) is 0 Å². The van der Waals surface area contributed by atoms with Gasteiger partial charge >= 0.3 is 0 Å². The molecule has 0 amide bonds. The van der Waals surface area contributed by atoms with Gasteiger partial charge in [-0.25, -0.2) is 0 Å². The molecule has 0 aliphatic carbocycles. The second kappa shape index (κ2) is 4.92. The zero-order chi connectivity index (χ0) is 12.3. The molecule has 5 heteroatoms. The normalized spacial score (nSPS) is 12.2. The molecule has 1 heterocycles. The van der Waals surface area contributed by atoms with Gasteiger partial charge in [-0.05, 0) is 12.8 Å². The zero-order valence-corrected chi connectivity index (χ0v) is 10.1. The van der Waals surface area contributed by atoms with E-state index in [2.05, 4.69) is 5.10 Å². The molecule has 0 spiro atoms. The van der Waals surface area contributed by atoms with Gasteiger partial charge in [-0.2, -0.15) is 5.10 Å². The van der Waals surface area contributed by atoms with E-state index in [-0.39, 0.29) is 16.5 Å². The highest BCUT2D eigenvalue weighted by Gasteiger charge is 2.14. The number of rotatable bonds is 4. The Morgan fingerprint density at radius 1 is 1.69 bits per heavy atom. The Bertz CT molecular complexity index is 419. The van der Waals surface area contributed by atoms with E-state index in [1.165, 1.54) is 0 Å². The average Bonchev–Trinajstić information content (AvgIpc) is 2.43. The Balaban J connectivity index is 3.02. The highest BCUT2D eigenvalue weighted by atomic mass is 16.6. The van der Waals surface area contributed by atoms with E-state index in [1.807, 2.05) is 20.8 Å². The third-order valence-electron chi connectivity index (χ3n) is 2.23. The summed E-state index contributed by atoms with van der Waals surface area (Å²) in [5.74, 6) is 0.272. The topological polar surface area (TPSA) is 61.0 Å². The van der Waals surface area contributed by atoms with Crippen LogP contribution in [0.2, 0.25) is 0 Å². The Kier molecular flexibility index (Phi) is 3.82. The van der Waals surface area contributed by atoms with Crippen molar-refractivity contribution < 1.29 is 4.92 Å². The summed E-state index contributed by atoms with van der Waals surface area (Å²) in [6, 6.07) is 0. The maximum atomic E-state index is 10.9. The van der Waals surface area contributed by atoms with Gasteiger partial charge in [-0.15, -0.1) is 0 Å². The summed E-state index contributed by atoms with van der Waals surface area (Å²) in [6.07, 6.45) is 3.88. The lowest BCUT2D eigenvalue weighted by molar-refractivity contribution is -0.427. The first-order chi connectivity index (χ1) is 7.40. The third-order valence-corrected chi connectivity index (χ3v) is 2.23. The number of nitro groups is 1. The first-order valence-electron chi connectivity index (χ1n) is 5.25. The Morgan fingerprint density at radius 2 is 2.31 bits per heavy atom. The number of hydrogen-bond acceptors (Lipinski definition) is 3. The predicted octanol–water partition coefficient (Wildman–Crippen LogP) is 2.39. The van der Waals surface area contributed by atoms with Crippen molar-refractivity contribution >= 4 is 6.08 Å². The number of aryl methyl sites for hydroxylation is 2. The maximum Gasteiger partial charge on any atom is 0.247 e. The van der Waals surface area contributed by atoms with Gasteiger partial charge < -0.3 is 0 Å². The summed E-state index contributed by atoms with van der Waals surface area (Å²) >= 11 is 0. The fourth-order valence-corrected chi connectivity index (χ4v) is 1.54. The lowest BCUT2D eigenvalue weighted by atomic mass is 10.1. The predicted molar refractivity (Wildman–Crippen MR) is 62.4 cm³/mol. The first-order valence-corrected chi connectivity index (χ1v) is 5.25. The zero-order valence-electron chi connectivity index (χ0n) is 10.1. The number of nitrogens with zero attached hydrogens (tertiary/aromatic N) is 3. The van der Waals surface area contributed by atoms with Crippen molar-refractivity contribution in [3.63, 3.8) is 0 Å². The molecule has 5 nitrogen and oxygen atoms in total. The summed E-state index contributed by atoms with van der Waals surface area (Å²) in [7, 11) is 1.80. The van der Waals surface area contributed by atoms with Crippen molar-refractivity contribution in [2.24, 2.45) is 13.0 Å². The van der Waals surface area contributed by atoms with Crippen LogP contribution in [0.1, 0.15) is 31.5 Å². The summed E-state index contributed by atoms with van der Waals surface area (Å²) in [6.45, 7) is 5.78. The number of allylic oxidation sites excluding steroid dienone is 1. The van der Waals surface area contributed by atoms with E-state index in [0.717, 1.165) is 11.3 Å². The second-order valence-corrected chi connectivity index (χ2v) is 4.33. The number of hydrogen-bond donors (Lipinski definition) is 0. The molecular formula is C11H17N3O2. The quantitative estimate of drug-likeness (QED) is 0.581. The van der Waals surface area contributed by atoms with Gasteiger partial charge in [0.2, 0.25) is 5.70 Å². The largest absolute Gasteiger partial charge is 0.275 e. The van der Waals surface area contributed by atoms with E-state index in [0.29, 0.717) is 6.42 Å². The molecule has 0 N–H and O–H groups in total. The van der Waals surface area contributed by atoms with Crippen molar-refractivity contribution in [2.45, 2.75) is 27.2 Å². The van der Waals surface area contributed by atoms with Crippen LogP contribution in [0.5, 0.6) is 0 Å². The molecule has 0 aromatic carbocycles. The van der Waals surface area contributed by atoms with Crippen LogP contribution in [0, 0.1) is 23.0 Å². The molecular weight excluding hydrogens is 206 g/mol. The van der Waals surface area contributed by atoms with E-state index in [4.69, 9.17) is 0 Å². The van der Waals surface area contributed by atoms with E-state index in [1.54, 1.807) is 24.0 Å². The van der Waals surface area contributed by atoms with Crippen LogP contribution < -0.4 is 0 Å². The van der Waals surface area contributed by atoms with Crippen LogP contribution in [0.15, 0.2) is 11.9 Å². The molecule has 1 aromatic heterocycles. The fraction of sp³-hybridized carbons (Fsp3) is 0.545. The Labute approximate surface area is 94.9 Å². The minimum atomic E-state index is -0.313. The highest BCUT2D eigenvalue weighted by Crippen LogP contribution is 2.17. The second-order valence-electron chi connectivity index (χ2n) is 4.33. The standard InChI is InChI=1S/C11H17N3O2/c1-8(2)5-11(14(15)16)6-10-7-13(4)12-9(10)3/h6-8H,5H2,1-4H3. The van der Waals surface area contributed by atoms with E-state index >= 15 is 0 Å². The van der Waals surface area contributed by atoms with Crippen LogP contribution in [-0.4, -0.2) is 14.7 Å². The molecule has 0 saturated carbocycles. The Morgan fingerprint density at radius 3 is 2.69 bits per heavy atom. The molecule has 0 bridgehead atoms. The molecule has 0 unspecified atom stereocenters. The lowest BCUT2D eigenvalue weighted by Gasteiger charge is -2.01. The van der Waals surface area contributed by atoms with Crippen molar-refractivity contribution in [3.8, 4) is 0 Å². The van der Waals surface area contributed by atoms with Crippen LogP contribution in [0.4, 0.5) is 0 Å². The Hall–Kier alpha value is -1.65. The minimum Gasteiger partial charge on any atom is -0.275 e. The van der Waals surface area contributed by atoms with Gasteiger partial charge in [0, 0.05) is 31.3 Å². The van der Waals surface area contributed by atoms with Gasteiger partial charge in [0.25, 0.3) is 0 Å². The van der Waals surface area contributed by atoms with Crippen molar-refractivity contribution in [1.29, 1.82) is 0 Å². The average molecular weight is 223 g/mol. The molecule has 0 radical (unpaired) electrons. The summed E-state index contributed by atoms with van der Waals surface area (Å²) in [5.41, 5.74) is 1.87. The molecule has 0 saturated heterocycles. The molecule has 0 fully saturated rings. The van der Waals surface area contributed by atoms with Crippen molar-refractivity contribution in [3.05, 3.63) is 33.3 Å². The number of aromatic nitrogens is 2. The van der Waals surface area contributed by atoms with Crippen LogP contribution in [0.25, 0.3) is 6.08 Å². The molecule has 0 aliphatic heterocycles. The van der Waals surface area contributed by atoms with E-state index in [9.17, 15) is 10.1 Å². The molecule has 16 heavy (non-hydrogen) atoms.